The van der Waals surface area contributed by atoms with Crippen LogP contribution in [0.1, 0.15) is 10.4 Å². The van der Waals surface area contributed by atoms with Gasteiger partial charge in [0, 0.05) is 18.0 Å². The standard InChI is InChI=1S/C17H11N3O3S/c21-16(11-5-7-18-8-6-11)20-17-19-14(12-3-1-9-22-12)15(24-17)13-4-2-10-23-13/h1-10H,(H,19,20,21). The molecule has 0 aliphatic rings. The van der Waals surface area contributed by atoms with Crippen LogP contribution < -0.4 is 5.32 Å². The Kier molecular flexibility index (Phi) is 3.68. The number of carbonyl (C=O) groups is 1. The van der Waals surface area contributed by atoms with Gasteiger partial charge < -0.3 is 8.83 Å². The molecule has 6 nitrogen and oxygen atoms in total. The summed E-state index contributed by atoms with van der Waals surface area (Å²) < 4.78 is 10.9. The highest BCUT2D eigenvalue weighted by Gasteiger charge is 2.20. The van der Waals surface area contributed by atoms with E-state index in [4.69, 9.17) is 8.83 Å². The zero-order chi connectivity index (χ0) is 16.4. The Labute approximate surface area is 140 Å². The largest absolute Gasteiger partial charge is 0.463 e. The van der Waals surface area contributed by atoms with Crippen LogP contribution in [0, 0.1) is 0 Å². The number of thiazole rings is 1. The molecule has 4 aromatic rings. The number of furan rings is 2. The second kappa shape index (κ2) is 6.13. The molecule has 0 aromatic carbocycles. The Balaban J connectivity index is 1.70. The summed E-state index contributed by atoms with van der Waals surface area (Å²) in [4.78, 5) is 21.5. The number of carbonyl (C=O) groups excluding carboxylic acids is 1. The first-order valence-electron chi connectivity index (χ1n) is 7.11. The normalized spacial score (nSPS) is 10.7. The molecule has 4 heterocycles. The van der Waals surface area contributed by atoms with E-state index in [1.165, 1.54) is 11.3 Å². The molecule has 0 atom stereocenters. The molecule has 0 aliphatic heterocycles. The van der Waals surface area contributed by atoms with E-state index in [-0.39, 0.29) is 5.91 Å². The summed E-state index contributed by atoms with van der Waals surface area (Å²) in [5, 5.41) is 3.27. The molecule has 24 heavy (non-hydrogen) atoms. The summed E-state index contributed by atoms with van der Waals surface area (Å²) >= 11 is 1.33. The van der Waals surface area contributed by atoms with Crippen molar-refractivity contribution in [3.05, 3.63) is 66.9 Å². The maximum absolute atomic E-state index is 12.3. The van der Waals surface area contributed by atoms with E-state index in [9.17, 15) is 4.79 Å². The van der Waals surface area contributed by atoms with Crippen molar-refractivity contribution in [2.75, 3.05) is 5.32 Å². The van der Waals surface area contributed by atoms with Crippen LogP contribution in [0.15, 0.2) is 70.2 Å². The Morgan fingerprint density at radius 2 is 1.71 bits per heavy atom. The molecule has 7 heteroatoms. The van der Waals surface area contributed by atoms with Crippen LogP contribution in [0.5, 0.6) is 0 Å². The number of hydrogen-bond donors (Lipinski definition) is 1. The van der Waals surface area contributed by atoms with Crippen molar-refractivity contribution in [1.29, 1.82) is 0 Å². The van der Waals surface area contributed by atoms with Crippen molar-refractivity contribution in [2.24, 2.45) is 0 Å². The molecule has 118 valence electrons. The van der Waals surface area contributed by atoms with Crippen LogP contribution in [0.25, 0.3) is 22.1 Å². The van der Waals surface area contributed by atoms with Crippen LogP contribution in [0.2, 0.25) is 0 Å². The molecule has 0 saturated carbocycles. The van der Waals surface area contributed by atoms with E-state index < -0.39 is 0 Å². The summed E-state index contributed by atoms with van der Waals surface area (Å²) in [6, 6.07) is 10.5. The van der Waals surface area contributed by atoms with Crippen molar-refractivity contribution in [1.82, 2.24) is 9.97 Å². The fraction of sp³-hybridized carbons (Fsp3) is 0. The minimum absolute atomic E-state index is 0.247. The maximum atomic E-state index is 12.3. The van der Waals surface area contributed by atoms with Gasteiger partial charge in [-0.25, -0.2) is 4.98 Å². The third-order valence-corrected chi connectivity index (χ3v) is 4.28. The lowest BCUT2D eigenvalue weighted by molar-refractivity contribution is 0.102. The Morgan fingerprint density at radius 3 is 2.38 bits per heavy atom. The van der Waals surface area contributed by atoms with Crippen LogP contribution in [-0.2, 0) is 0 Å². The molecular formula is C17H11N3O3S. The zero-order valence-corrected chi connectivity index (χ0v) is 13.1. The van der Waals surface area contributed by atoms with E-state index in [2.05, 4.69) is 15.3 Å². The van der Waals surface area contributed by atoms with Crippen molar-refractivity contribution < 1.29 is 13.6 Å². The van der Waals surface area contributed by atoms with Gasteiger partial charge in [-0.1, -0.05) is 11.3 Å². The molecule has 4 rings (SSSR count). The Bertz CT molecular complexity index is 893. The third-order valence-electron chi connectivity index (χ3n) is 3.29. The first-order chi connectivity index (χ1) is 11.8. The minimum atomic E-state index is -0.247. The number of aromatic nitrogens is 2. The quantitative estimate of drug-likeness (QED) is 0.600. The zero-order valence-electron chi connectivity index (χ0n) is 12.3. The monoisotopic (exact) mass is 337 g/mol. The minimum Gasteiger partial charge on any atom is -0.463 e. The smallest absolute Gasteiger partial charge is 0.257 e. The third kappa shape index (κ3) is 2.72. The summed E-state index contributed by atoms with van der Waals surface area (Å²) in [6.45, 7) is 0. The van der Waals surface area contributed by atoms with Crippen molar-refractivity contribution in [3.63, 3.8) is 0 Å². The molecule has 0 fully saturated rings. The van der Waals surface area contributed by atoms with Crippen molar-refractivity contribution in [3.8, 4) is 22.1 Å². The fourth-order valence-electron chi connectivity index (χ4n) is 2.20. The molecule has 0 radical (unpaired) electrons. The van der Waals surface area contributed by atoms with Gasteiger partial charge in [0.15, 0.2) is 10.9 Å². The Morgan fingerprint density at radius 1 is 1.00 bits per heavy atom. The van der Waals surface area contributed by atoms with Crippen molar-refractivity contribution in [2.45, 2.75) is 0 Å². The van der Waals surface area contributed by atoms with Gasteiger partial charge in [-0.05, 0) is 36.4 Å². The average molecular weight is 337 g/mol. The second-order valence-electron chi connectivity index (χ2n) is 4.84. The summed E-state index contributed by atoms with van der Waals surface area (Å²) in [6.07, 6.45) is 6.31. The van der Waals surface area contributed by atoms with Gasteiger partial charge >= 0.3 is 0 Å². The van der Waals surface area contributed by atoms with Gasteiger partial charge in [-0.2, -0.15) is 0 Å². The molecule has 4 aromatic heterocycles. The van der Waals surface area contributed by atoms with Gasteiger partial charge in [0.2, 0.25) is 0 Å². The Hall–Kier alpha value is -3.19. The predicted molar refractivity (Wildman–Crippen MR) is 89.7 cm³/mol. The molecule has 1 amide bonds. The van der Waals surface area contributed by atoms with E-state index in [0.29, 0.717) is 27.9 Å². The molecule has 0 bridgehead atoms. The first kappa shape index (κ1) is 14.4. The molecule has 0 aliphatic carbocycles. The van der Waals surface area contributed by atoms with Crippen LogP contribution in [-0.4, -0.2) is 15.9 Å². The van der Waals surface area contributed by atoms with Crippen molar-refractivity contribution >= 4 is 22.4 Å². The van der Waals surface area contributed by atoms with Crippen LogP contribution in [0.4, 0.5) is 5.13 Å². The molecule has 0 spiro atoms. The number of nitrogens with one attached hydrogen (secondary N) is 1. The van der Waals surface area contributed by atoms with Gasteiger partial charge in [0.25, 0.3) is 5.91 Å². The fourth-order valence-corrected chi connectivity index (χ4v) is 3.13. The van der Waals surface area contributed by atoms with E-state index in [1.54, 1.807) is 49.2 Å². The molecule has 0 unspecified atom stereocenters. The van der Waals surface area contributed by atoms with Gasteiger partial charge in [-0.15, -0.1) is 0 Å². The van der Waals surface area contributed by atoms with Gasteiger partial charge in [0.1, 0.15) is 16.3 Å². The number of anilines is 1. The number of nitrogens with zero attached hydrogens (tertiary/aromatic N) is 2. The van der Waals surface area contributed by atoms with E-state index in [0.717, 1.165) is 4.88 Å². The lowest BCUT2D eigenvalue weighted by Gasteiger charge is -2.00. The lowest BCUT2D eigenvalue weighted by Crippen LogP contribution is -2.11. The van der Waals surface area contributed by atoms with Gasteiger partial charge in [0.05, 0.1) is 12.5 Å². The highest BCUT2D eigenvalue weighted by Crippen LogP contribution is 2.39. The average Bonchev–Trinajstić information content (AvgIpc) is 3.36. The SMILES string of the molecule is O=C(Nc1nc(-c2ccco2)c(-c2ccco2)s1)c1ccncc1. The first-order valence-corrected chi connectivity index (χ1v) is 7.93. The van der Waals surface area contributed by atoms with E-state index >= 15 is 0 Å². The number of amides is 1. The highest BCUT2D eigenvalue weighted by molar-refractivity contribution is 7.19. The van der Waals surface area contributed by atoms with Crippen LogP contribution in [0.3, 0.4) is 0 Å². The number of hydrogen-bond acceptors (Lipinski definition) is 6. The van der Waals surface area contributed by atoms with E-state index in [1.807, 2.05) is 12.1 Å². The van der Waals surface area contributed by atoms with Crippen LogP contribution >= 0.6 is 11.3 Å². The summed E-state index contributed by atoms with van der Waals surface area (Å²) in [5.41, 5.74) is 1.14. The number of rotatable bonds is 4. The molecular weight excluding hydrogens is 326 g/mol. The topological polar surface area (TPSA) is 81.2 Å². The maximum Gasteiger partial charge on any atom is 0.257 e. The molecule has 1 N–H and O–H groups in total. The molecule has 0 saturated heterocycles. The van der Waals surface area contributed by atoms with Gasteiger partial charge in [-0.3, -0.25) is 15.1 Å². The summed E-state index contributed by atoms with van der Waals surface area (Å²) in [5.74, 6) is 1.04. The second-order valence-corrected chi connectivity index (χ2v) is 5.84. The predicted octanol–water partition coefficient (Wildman–Crippen LogP) is 4.31. The number of pyridine rings is 1. The highest BCUT2D eigenvalue weighted by atomic mass is 32.1. The lowest BCUT2D eigenvalue weighted by atomic mass is 10.2. The summed E-state index contributed by atoms with van der Waals surface area (Å²) in [7, 11) is 0.